The van der Waals surface area contributed by atoms with Crippen molar-refractivity contribution in [1.29, 1.82) is 5.26 Å². The van der Waals surface area contributed by atoms with Crippen LogP contribution < -0.4 is 14.8 Å². The Bertz CT molecular complexity index is 937. The molecule has 0 fully saturated rings. The lowest BCUT2D eigenvalue weighted by atomic mass is 10.2. The fourth-order valence-corrected chi connectivity index (χ4v) is 3.31. The highest BCUT2D eigenvalue weighted by Crippen LogP contribution is 2.15. The van der Waals surface area contributed by atoms with E-state index in [2.05, 4.69) is 15.0 Å². The van der Waals surface area contributed by atoms with Gasteiger partial charge >= 0.3 is 0 Å². The lowest BCUT2D eigenvalue weighted by Gasteiger charge is -2.11. The molecule has 1 aromatic carbocycles. The minimum absolute atomic E-state index is 0.0319. The Labute approximate surface area is 164 Å². The molecule has 0 aliphatic rings. The number of hydrogen-bond acceptors (Lipinski definition) is 6. The molecule has 0 saturated carbocycles. The van der Waals surface area contributed by atoms with E-state index in [0.717, 1.165) is 12.0 Å². The number of hydrogen-bond donors (Lipinski definition) is 2. The van der Waals surface area contributed by atoms with Crippen LogP contribution in [0.4, 0.5) is 0 Å². The van der Waals surface area contributed by atoms with Crippen molar-refractivity contribution in [2.75, 3.05) is 13.2 Å². The Kier molecular flexibility index (Phi) is 7.92. The van der Waals surface area contributed by atoms with Gasteiger partial charge in [0.05, 0.1) is 17.6 Å². The molecule has 9 heteroatoms. The predicted molar refractivity (Wildman–Crippen MR) is 103 cm³/mol. The predicted octanol–water partition coefficient (Wildman–Crippen LogP) is 1.99. The number of aromatic nitrogens is 1. The van der Waals surface area contributed by atoms with Crippen LogP contribution in [0.2, 0.25) is 0 Å². The Morgan fingerprint density at radius 1 is 1.25 bits per heavy atom. The van der Waals surface area contributed by atoms with Gasteiger partial charge in [-0.15, -0.1) is 0 Å². The average molecular weight is 402 g/mol. The molecular formula is C19H22N4O4S. The monoisotopic (exact) mass is 402 g/mol. The summed E-state index contributed by atoms with van der Waals surface area (Å²) in [5, 5.41) is 11.3. The van der Waals surface area contributed by atoms with Gasteiger partial charge in [-0.1, -0.05) is 13.0 Å². The number of pyridine rings is 1. The number of carbonyl (C=O) groups is 1. The first kappa shape index (κ1) is 21.3. The maximum atomic E-state index is 12.3. The van der Waals surface area contributed by atoms with E-state index in [4.69, 9.17) is 10.00 Å². The summed E-state index contributed by atoms with van der Waals surface area (Å²) in [5.41, 5.74) is 1.08. The van der Waals surface area contributed by atoms with Crippen LogP contribution in [-0.2, 0) is 16.6 Å². The van der Waals surface area contributed by atoms with E-state index in [0.29, 0.717) is 18.1 Å². The van der Waals surface area contributed by atoms with Crippen LogP contribution in [0.1, 0.15) is 35.7 Å². The van der Waals surface area contributed by atoms with E-state index >= 15 is 0 Å². The quantitative estimate of drug-likeness (QED) is 0.586. The molecular weight excluding hydrogens is 380 g/mol. The number of nitrogens with one attached hydrogen (secondary N) is 2. The summed E-state index contributed by atoms with van der Waals surface area (Å²) in [4.78, 5) is 16.5. The summed E-state index contributed by atoms with van der Waals surface area (Å²) < 4.78 is 32.0. The van der Waals surface area contributed by atoms with Crippen molar-refractivity contribution in [2.24, 2.45) is 0 Å². The maximum Gasteiger partial charge on any atom is 0.251 e. The normalized spacial score (nSPS) is 10.9. The van der Waals surface area contributed by atoms with Gasteiger partial charge in [0.1, 0.15) is 0 Å². The van der Waals surface area contributed by atoms with Gasteiger partial charge in [-0.2, -0.15) is 5.26 Å². The minimum atomic E-state index is -3.70. The topological polar surface area (TPSA) is 121 Å². The third kappa shape index (κ3) is 6.04. The van der Waals surface area contributed by atoms with Crippen molar-refractivity contribution in [3.8, 4) is 11.9 Å². The first-order valence-electron chi connectivity index (χ1n) is 8.79. The lowest BCUT2D eigenvalue weighted by Crippen LogP contribution is -2.25. The second kappa shape index (κ2) is 10.4. The number of carbonyl (C=O) groups excluding carboxylic acids is 1. The molecule has 0 spiro atoms. The number of rotatable bonds is 10. The van der Waals surface area contributed by atoms with Crippen LogP contribution in [0.3, 0.4) is 0 Å². The fraction of sp³-hybridized carbons (Fsp3) is 0.316. The first-order valence-corrected chi connectivity index (χ1v) is 10.3. The van der Waals surface area contributed by atoms with Crippen molar-refractivity contribution < 1.29 is 17.9 Å². The van der Waals surface area contributed by atoms with Crippen LogP contribution in [0, 0.1) is 11.3 Å². The van der Waals surface area contributed by atoms with Crippen molar-refractivity contribution in [2.45, 2.75) is 31.2 Å². The van der Waals surface area contributed by atoms with Crippen molar-refractivity contribution in [3.05, 3.63) is 53.7 Å². The summed E-state index contributed by atoms with van der Waals surface area (Å²) in [7, 11) is -3.70. The number of sulfonamides is 1. The number of ether oxygens (including phenoxy) is 1. The zero-order chi connectivity index (χ0) is 20.4. The summed E-state index contributed by atoms with van der Waals surface area (Å²) in [5.74, 6) is 0.140. The molecule has 8 nitrogen and oxygen atoms in total. The van der Waals surface area contributed by atoms with Gasteiger partial charge < -0.3 is 10.1 Å². The largest absolute Gasteiger partial charge is 0.477 e. The Morgan fingerprint density at radius 3 is 2.68 bits per heavy atom. The standard InChI is InChI=1S/C19H22N4O4S/c1-2-13-27-19-16(5-3-11-21-19)14-22-18(24)15-6-8-17(9-7-15)28(25,26)23-12-4-10-20/h3,5-9,11,23H,2,4,12-14H2,1H3,(H,22,24). The van der Waals surface area contributed by atoms with E-state index in [-0.39, 0.29) is 30.3 Å². The van der Waals surface area contributed by atoms with E-state index < -0.39 is 10.0 Å². The lowest BCUT2D eigenvalue weighted by molar-refractivity contribution is 0.0950. The Hall–Kier alpha value is -2.96. The second-order valence-corrected chi connectivity index (χ2v) is 7.60. The third-order valence-corrected chi connectivity index (χ3v) is 5.16. The van der Waals surface area contributed by atoms with Crippen LogP contribution in [0.25, 0.3) is 0 Å². The van der Waals surface area contributed by atoms with Gasteiger partial charge in [-0.3, -0.25) is 4.79 Å². The fourth-order valence-electron chi connectivity index (χ4n) is 2.28. The molecule has 0 aliphatic carbocycles. The molecule has 1 aromatic heterocycles. The molecule has 2 aromatic rings. The van der Waals surface area contributed by atoms with Crippen molar-refractivity contribution >= 4 is 15.9 Å². The van der Waals surface area contributed by atoms with Crippen LogP contribution in [-0.4, -0.2) is 32.5 Å². The van der Waals surface area contributed by atoms with Gasteiger partial charge in [0.25, 0.3) is 5.91 Å². The molecule has 1 heterocycles. The van der Waals surface area contributed by atoms with E-state index in [1.54, 1.807) is 12.3 Å². The smallest absolute Gasteiger partial charge is 0.251 e. The SMILES string of the molecule is CCCOc1ncccc1CNC(=O)c1ccc(S(=O)(=O)NCCC#N)cc1. The Balaban J connectivity index is 2.00. The molecule has 148 valence electrons. The number of benzene rings is 1. The summed E-state index contributed by atoms with van der Waals surface area (Å²) >= 11 is 0. The van der Waals surface area contributed by atoms with Crippen molar-refractivity contribution in [1.82, 2.24) is 15.0 Å². The zero-order valence-corrected chi connectivity index (χ0v) is 16.3. The molecule has 0 unspecified atom stereocenters. The molecule has 2 rings (SSSR count). The highest BCUT2D eigenvalue weighted by atomic mass is 32.2. The van der Waals surface area contributed by atoms with Crippen LogP contribution >= 0.6 is 0 Å². The number of nitrogens with zero attached hydrogens (tertiary/aromatic N) is 2. The minimum Gasteiger partial charge on any atom is -0.477 e. The van der Waals surface area contributed by atoms with Crippen LogP contribution in [0.5, 0.6) is 5.88 Å². The van der Waals surface area contributed by atoms with Gasteiger partial charge in [0, 0.05) is 36.8 Å². The first-order chi connectivity index (χ1) is 13.5. The van der Waals surface area contributed by atoms with E-state index in [9.17, 15) is 13.2 Å². The summed E-state index contributed by atoms with van der Waals surface area (Å²) in [6.45, 7) is 2.81. The van der Waals surface area contributed by atoms with E-state index in [1.807, 2.05) is 19.1 Å². The van der Waals surface area contributed by atoms with Gasteiger partial charge in [0.15, 0.2) is 0 Å². The summed E-state index contributed by atoms with van der Waals surface area (Å²) in [6.07, 6.45) is 2.56. The molecule has 0 saturated heterocycles. The molecule has 0 aliphatic heterocycles. The van der Waals surface area contributed by atoms with Gasteiger partial charge in [-0.25, -0.2) is 18.1 Å². The number of nitriles is 1. The highest BCUT2D eigenvalue weighted by molar-refractivity contribution is 7.89. The third-order valence-electron chi connectivity index (χ3n) is 3.69. The molecule has 28 heavy (non-hydrogen) atoms. The van der Waals surface area contributed by atoms with Crippen molar-refractivity contribution in [3.63, 3.8) is 0 Å². The zero-order valence-electron chi connectivity index (χ0n) is 15.5. The average Bonchev–Trinajstić information content (AvgIpc) is 2.71. The van der Waals surface area contributed by atoms with E-state index in [1.165, 1.54) is 24.3 Å². The summed E-state index contributed by atoms with van der Waals surface area (Å²) in [6, 6.07) is 11.0. The molecule has 0 bridgehead atoms. The second-order valence-electron chi connectivity index (χ2n) is 5.83. The maximum absolute atomic E-state index is 12.3. The molecule has 0 atom stereocenters. The van der Waals surface area contributed by atoms with Crippen LogP contribution in [0.15, 0.2) is 47.5 Å². The number of amides is 1. The molecule has 2 N–H and O–H groups in total. The Morgan fingerprint density at radius 2 is 2.00 bits per heavy atom. The highest BCUT2D eigenvalue weighted by Gasteiger charge is 2.15. The van der Waals surface area contributed by atoms with Gasteiger partial charge in [-0.05, 0) is 36.8 Å². The van der Waals surface area contributed by atoms with Gasteiger partial charge in [0.2, 0.25) is 15.9 Å². The molecule has 0 radical (unpaired) electrons. The molecule has 1 amide bonds.